The van der Waals surface area contributed by atoms with Crippen LogP contribution in [0.25, 0.3) is 0 Å². The van der Waals surface area contributed by atoms with Gasteiger partial charge in [0.05, 0.1) is 0 Å². The summed E-state index contributed by atoms with van der Waals surface area (Å²) in [5, 5.41) is 19.2. The Bertz CT molecular complexity index is 494. The summed E-state index contributed by atoms with van der Waals surface area (Å²) in [6.45, 7) is 2.20. The van der Waals surface area contributed by atoms with Gasteiger partial charge in [0.1, 0.15) is 0 Å². The molecule has 2 N–H and O–H groups in total. The van der Waals surface area contributed by atoms with E-state index in [1.54, 1.807) is 30.3 Å². The third-order valence-electron chi connectivity index (χ3n) is 4.65. The number of carbonyl (C=O) groups is 2. The zero-order chi connectivity index (χ0) is 17.8. The van der Waals surface area contributed by atoms with Crippen molar-refractivity contribution in [3.8, 4) is 0 Å². The van der Waals surface area contributed by atoms with Gasteiger partial charge in [-0.1, -0.05) is 95.0 Å². The predicted octanol–water partition coefficient (Wildman–Crippen LogP) is 2.13. The molecule has 0 fully saturated rings. The number of hydrogen-bond acceptors (Lipinski definition) is 2. The maximum atomic E-state index is 11.7. The van der Waals surface area contributed by atoms with E-state index in [-0.39, 0.29) is 59.2 Å². The van der Waals surface area contributed by atoms with Gasteiger partial charge in [-0.25, -0.2) is 0 Å². The molecule has 0 aliphatic carbocycles. The summed E-state index contributed by atoms with van der Waals surface area (Å²) >= 11 is 0. The first-order valence-corrected chi connectivity index (χ1v) is 9.08. The molecule has 136 valence electrons. The molecule has 1 aromatic carbocycles. The second kappa shape index (κ2) is 13.9. The summed E-state index contributed by atoms with van der Waals surface area (Å²) in [4.78, 5) is 23.5. The first kappa shape index (κ1) is 24.8. The summed E-state index contributed by atoms with van der Waals surface area (Å²) in [5.74, 6) is -2.55. The summed E-state index contributed by atoms with van der Waals surface area (Å²) in [6, 6.07) is 8.32. The largest absolute Gasteiger partial charge is 1.00 e. The van der Waals surface area contributed by atoms with Gasteiger partial charge in [0, 0.05) is 0 Å². The van der Waals surface area contributed by atoms with Crippen LogP contribution in [0.1, 0.15) is 78.1 Å². The number of aliphatic carboxylic acids is 2. The topological polar surface area (TPSA) is 74.6 Å². The Balaban J connectivity index is 0. The van der Waals surface area contributed by atoms with Crippen molar-refractivity contribution in [3.05, 3.63) is 35.9 Å². The molecular weight excluding hydrogens is 343 g/mol. The maximum Gasteiger partial charge on any atom is 1.00 e. The molecule has 0 spiro atoms. The van der Waals surface area contributed by atoms with Crippen LogP contribution in [0.5, 0.6) is 0 Å². The maximum absolute atomic E-state index is 11.7. The van der Waals surface area contributed by atoms with Crippen molar-refractivity contribution in [2.24, 2.45) is 0 Å². The number of benzene rings is 1. The van der Waals surface area contributed by atoms with Gasteiger partial charge in [-0.15, -0.1) is 0 Å². The number of carboxylic acid groups (broad SMARTS) is 2. The van der Waals surface area contributed by atoms with Gasteiger partial charge in [-0.05, 0) is 12.0 Å². The van der Waals surface area contributed by atoms with Gasteiger partial charge in [0.25, 0.3) is 0 Å². The molecule has 1 rings (SSSR count). The molecule has 0 unspecified atom stereocenters. The van der Waals surface area contributed by atoms with Gasteiger partial charge in [-0.2, -0.15) is 0 Å². The van der Waals surface area contributed by atoms with Gasteiger partial charge in [-0.3, -0.25) is 9.59 Å². The van der Waals surface area contributed by atoms with E-state index in [0.29, 0.717) is 12.0 Å². The molecule has 0 saturated heterocycles. The van der Waals surface area contributed by atoms with Crippen LogP contribution in [-0.4, -0.2) is 22.2 Å². The Labute approximate surface area is 195 Å². The van der Waals surface area contributed by atoms with Crippen LogP contribution in [0.2, 0.25) is 0 Å². The molecule has 0 amide bonds. The van der Waals surface area contributed by atoms with Crippen molar-refractivity contribution < 1.29 is 72.6 Å². The molecule has 25 heavy (non-hydrogen) atoms. The van der Waals surface area contributed by atoms with Crippen LogP contribution in [0, 0.1) is 0 Å². The fourth-order valence-electron chi connectivity index (χ4n) is 3.12. The summed E-state index contributed by atoms with van der Waals surface area (Å²) in [6.07, 6.45) is 10.1. The number of rotatable bonds is 13. The molecule has 0 aliphatic heterocycles. The smallest absolute Gasteiger partial charge is 1.00 e. The minimum absolute atomic E-state index is 0. The van der Waals surface area contributed by atoms with Gasteiger partial charge in [0.2, 0.25) is 0 Å². The fourth-order valence-corrected chi connectivity index (χ4v) is 3.12. The van der Waals surface area contributed by atoms with Crippen LogP contribution in [0.4, 0.5) is 0 Å². The molecule has 1 aromatic rings. The molecule has 0 heterocycles. The molecule has 0 bridgehead atoms. The van der Waals surface area contributed by atoms with E-state index in [0.717, 1.165) is 19.3 Å². The van der Waals surface area contributed by atoms with Crippen LogP contribution in [-0.2, 0) is 15.0 Å². The standard InChI is InChI=1S/C20H30O4.K.H/c1-2-3-4-5-6-7-8-9-13-16-20(18(21)22,19(23)24)17-14-11-10-12-15-17;;/h10-12,14-15H,2-9,13,16H2,1H3,(H,21,22)(H,23,24);;/q;+1;-1. The van der Waals surface area contributed by atoms with Crippen molar-refractivity contribution in [2.75, 3.05) is 0 Å². The summed E-state index contributed by atoms with van der Waals surface area (Å²) in [7, 11) is 0. The third kappa shape index (κ3) is 7.91. The second-order valence-corrected chi connectivity index (χ2v) is 6.46. The first-order chi connectivity index (χ1) is 11.6. The predicted molar refractivity (Wildman–Crippen MR) is 96.3 cm³/mol. The van der Waals surface area contributed by atoms with Crippen LogP contribution in [0.15, 0.2) is 30.3 Å². The van der Waals surface area contributed by atoms with Gasteiger partial charge >= 0.3 is 63.3 Å². The monoisotopic (exact) mass is 374 g/mol. The summed E-state index contributed by atoms with van der Waals surface area (Å²) < 4.78 is 0. The van der Waals surface area contributed by atoms with E-state index in [9.17, 15) is 19.8 Å². The normalized spacial score (nSPS) is 10.9. The Morgan fingerprint density at radius 1 is 0.840 bits per heavy atom. The second-order valence-electron chi connectivity index (χ2n) is 6.46. The molecule has 0 saturated carbocycles. The Morgan fingerprint density at radius 3 is 1.72 bits per heavy atom. The van der Waals surface area contributed by atoms with Crippen molar-refractivity contribution in [1.29, 1.82) is 0 Å². The number of hydrogen-bond donors (Lipinski definition) is 2. The first-order valence-electron chi connectivity index (χ1n) is 9.08. The average molecular weight is 375 g/mol. The van der Waals surface area contributed by atoms with Crippen molar-refractivity contribution in [1.82, 2.24) is 0 Å². The molecule has 4 nitrogen and oxygen atoms in total. The van der Waals surface area contributed by atoms with E-state index in [1.165, 1.54) is 32.1 Å². The van der Waals surface area contributed by atoms with E-state index in [2.05, 4.69) is 6.92 Å². The van der Waals surface area contributed by atoms with Crippen molar-refractivity contribution in [3.63, 3.8) is 0 Å². The Kier molecular flexibility index (Phi) is 13.8. The molecule has 5 heteroatoms. The zero-order valence-corrected chi connectivity index (χ0v) is 18.8. The Hall–Kier alpha value is -0.204. The quantitative estimate of drug-likeness (QED) is 0.315. The number of unbranched alkanes of at least 4 members (excludes halogenated alkanes) is 8. The van der Waals surface area contributed by atoms with Crippen molar-refractivity contribution >= 4 is 11.9 Å². The number of carboxylic acids is 2. The molecule has 0 aromatic heterocycles. The minimum atomic E-state index is -1.83. The molecule has 0 radical (unpaired) electrons. The molecular formula is C20H31KO4. The van der Waals surface area contributed by atoms with E-state index >= 15 is 0 Å². The van der Waals surface area contributed by atoms with E-state index < -0.39 is 17.4 Å². The average Bonchev–Trinajstić information content (AvgIpc) is 2.57. The van der Waals surface area contributed by atoms with Crippen LogP contribution >= 0.6 is 0 Å². The SMILES string of the molecule is CCCCCCCCCCCC(C(=O)O)(C(=O)O)c1ccccc1.[H-].[K+]. The van der Waals surface area contributed by atoms with Crippen molar-refractivity contribution in [2.45, 2.75) is 76.5 Å². The van der Waals surface area contributed by atoms with E-state index in [4.69, 9.17) is 0 Å². The van der Waals surface area contributed by atoms with E-state index in [1.807, 2.05) is 0 Å². The molecule has 0 aliphatic rings. The molecule has 0 atom stereocenters. The fraction of sp³-hybridized carbons (Fsp3) is 0.600. The third-order valence-corrected chi connectivity index (χ3v) is 4.65. The van der Waals surface area contributed by atoms with Gasteiger partial charge in [0.15, 0.2) is 5.41 Å². The van der Waals surface area contributed by atoms with Gasteiger partial charge < -0.3 is 11.6 Å². The summed E-state index contributed by atoms with van der Waals surface area (Å²) in [5.41, 5.74) is -1.48. The Morgan fingerprint density at radius 2 is 1.28 bits per heavy atom. The minimum Gasteiger partial charge on any atom is -1.00 e. The van der Waals surface area contributed by atoms with Crippen LogP contribution < -0.4 is 51.4 Å². The van der Waals surface area contributed by atoms with Crippen LogP contribution in [0.3, 0.4) is 0 Å². The zero-order valence-electron chi connectivity index (χ0n) is 16.7.